The van der Waals surface area contributed by atoms with Crippen molar-refractivity contribution in [3.63, 3.8) is 0 Å². The first kappa shape index (κ1) is 13.4. The predicted octanol–water partition coefficient (Wildman–Crippen LogP) is 3.79. The largest absolute Gasteiger partial charge is 0.478 e. The third-order valence-electron chi connectivity index (χ3n) is 2.62. The summed E-state index contributed by atoms with van der Waals surface area (Å²) in [5.74, 6) is -1.48. The number of nitrogens with one attached hydrogen (secondary N) is 1. The molecule has 0 amide bonds. The van der Waals surface area contributed by atoms with Crippen LogP contribution in [0.2, 0.25) is 5.02 Å². The summed E-state index contributed by atoms with van der Waals surface area (Å²) < 4.78 is 13.0. The third kappa shape index (κ3) is 3.23. The van der Waals surface area contributed by atoms with Crippen LogP contribution in [0.3, 0.4) is 0 Å². The molecule has 0 radical (unpaired) electrons. The molecule has 0 aliphatic rings. The monoisotopic (exact) mass is 279 g/mol. The molecule has 5 heteroatoms. The molecular weight excluding hydrogens is 269 g/mol. The van der Waals surface area contributed by atoms with Crippen molar-refractivity contribution in [2.45, 2.75) is 6.54 Å². The van der Waals surface area contributed by atoms with Crippen LogP contribution in [0.15, 0.2) is 42.5 Å². The molecule has 0 saturated carbocycles. The molecule has 0 heterocycles. The number of aromatic carboxylic acids is 1. The van der Waals surface area contributed by atoms with Crippen molar-refractivity contribution in [1.82, 2.24) is 0 Å². The molecule has 2 N–H and O–H groups in total. The topological polar surface area (TPSA) is 49.3 Å². The van der Waals surface area contributed by atoms with Crippen LogP contribution in [0, 0.1) is 5.82 Å². The van der Waals surface area contributed by atoms with Crippen LogP contribution >= 0.6 is 11.6 Å². The van der Waals surface area contributed by atoms with Crippen LogP contribution in [0.25, 0.3) is 0 Å². The Morgan fingerprint density at radius 3 is 2.68 bits per heavy atom. The molecule has 0 bridgehead atoms. The van der Waals surface area contributed by atoms with E-state index in [1.54, 1.807) is 24.3 Å². The maximum Gasteiger partial charge on any atom is 0.337 e. The maximum absolute atomic E-state index is 13.0. The minimum atomic E-state index is -1.000. The van der Waals surface area contributed by atoms with Gasteiger partial charge in [-0.15, -0.1) is 0 Å². The van der Waals surface area contributed by atoms with E-state index in [0.29, 0.717) is 12.2 Å². The first-order chi connectivity index (χ1) is 9.08. The fraction of sp³-hybridized carbons (Fsp3) is 0.0714. The molecule has 0 spiro atoms. The molecule has 0 unspecified atom stereocenters. The van der Waals surface area contributed by atoms with Gasteiger partial charge in [0.25, 0.3) is 0 Å². The third-order valence-corrected chi connectivity index (χ3v) is 2.91. The number of carboxylic acid groups (broad SMARTS) is 1. The van der Waals surface area contributed by atoms with E-state index in [4.69, 9.17) is 16.7 Å². The van der Waals surface area contributed by atoms with Crippen LogP contribution in [-0.4, -0.2) is 11.1 Å². The lowest BCUT2D eigenvalue weighted by Crippen LogP contribution is -2.06. The van der Waals surface area contributed by atoms with Gasteiger partial charge in [0.15, 0.2) is 0 Å². The zero-order chi connectivity index (χ0) is 13.8. The Hall–Kier alpha value is -2.07. The second kappa shape index (κ2) is 5.71. The van der Waals surface area contributed by atoms with Crippen molar-refractivity contribution >= 4 is 23.3 Å². The van der Waals surface area contributed by atoms with Gasteiger partial charge in [-0.2, -0.15) is 0 Å². The molecular formula is C14H11ClFNO2. The van der Waals surface area contributed by atoms with Crippen molar-refractivity contribution in [2.75, 3.05) is 5.32 Å². The first-order valence-corrected chi connectivity index (χ1v) is 5.96. The average molecular weight is 280 g/mol. The van der Waals surface area contributed by atoms with Gasteiger partial charge in [0.2, 0.25) is 0 Å². The molecule has 3 nitrogen and oxygen atoms in total. The number of carbonyl (C=O) groups is 1. The van der Waals surface area contributed by atoms with E-state index in [2.05, 4.69) is 5.32 Å². The number of rotatable bonds is 4. The van der Waals surface area contributed by atoms with Gasteiger partial charge >= 0.3 is 5.97 Å². The molecule has 0 saturated heterocycles. The van der Waals surface area contributed by atoms with E-state index in [0.717, 1.165) is 5.56 Å². The number of anilines is 1. The van der Waals surface area contributed by atoms with Crippen LogP contribution in [0.5, 0.6) is 0 Å². The van der Waals surface area contributed by atoms with Gasteiger partial charge < -0.3 is 10.4 Å². The first-order valence-electron chi connectivity index (χ1n) is 5.58. The second-order valence-electron chi connectivity index (χ2n) is 3.95. The molecule has 0 atom stereocenters. The lowest BCUT2D eigenvalue weighted by atomic mass is 10.1. The second-order valence-corrected chi connectivity index (χ2v) is 4.36. The van der Waals surface area contributed by atoms with Crippen molar-refractivity contribution in [3.8, 4) is 0 Å². The number of carboxylic acids is 1. The minimum absolute atomic E-state index is 0.0471. The van der Waals surface area contributed by atoms with Crippen LogP contribution in [0.1, 0.15) is 15.9 Å². The number of hydrogen-bond donors (Lipinski definition) is 2. The van der Waals surface area contributed by atoms with E-state index in [1.165, 1.54) is 18.2 Å². The molecule has 2 rings (SSSR count). The van der Waals surface area contributed by atoms with Crippen LogP contribution < -0.4 is 5.32 Å². The van der Waals surface area contributed by atoms with Gasteiger partial charge in [-0.05, 0) is 29.8 Å². The molecule has 0 aliphatic heterocycles. The highest BCUT2D eigenvalue weighted by Crippen LogP contribution is 2.19. The van der Waals surface area contributed by atoms with E-state index in [-0.39, 0.29) is 10.6 Å². The Morgan fingerprint density at radius 2 is 2.00 bits per heavy atom. The van der Waals surface area contributed by atoms with Crippen LogP contribution in [-0.2, 0) is 6.54 Å². The normalized spacial score (nSPS) is 10.2. The Labute approximate surface area is 114 Å². The Kier molecular flexibility index (Phi) is 4.02. The number of para-hydroxylation sites is 1. The average Bonchev–Trinajstić information content (AvgIpc) is 2.40. The lowest BCUT2D eigenvalue weighted by molar-refractivity contribution is 0.0698. The summed E-state index contributed by atoms with van der Waals surface area (Å²) in [6, 6.07) is 11.0. The lowest BCUT2D eigenvalue weighted by Gasteiger charge is -2.09. The van der Waals surface area contributed by atoms with E-state index in [9.17, 15) is 9.18 Å². The Bertz CT molecular complexity index is 616. The minimum Gasteiger partial charge on any atom is -0.478 e. The highest BCUT2D eigenvalue weighted by Gasteiger charge is 2.08. The Balaban J connectivity index is 2.14. The summed E-state index contributed by atoms with van der Waals surface area (Å²) >= 11 is 5.68. The fourth-order valence-corrected chi connectivity index (χ4v) is 1.87. The number of halogens is 2. The number of benzene rings is 2. The van der Waals surface area contributed by atoms with Crippen LogP contribution in [0.4, 0.5) is 10.1 Å². The summed E-state index contributed by atoms with van der Waals surface area (Å²) in [7, 11) is 0. The summed E-state index contributed by atoms with van der Waals surface area (Å²) in [5, 5.41) is 12.1. The fourth-order valence-electron chi connectivity index (χ4n) is 1.67. The van der Waals surface area contributed by atoms with Gasteiger partial charge in [0.1, 0.15) is 5.82 Å². The van der Waals surface area contributed by atoms with Crippen molar-refractivity contribution in [2.24, 2.45) is 0 Å². The molecule has 0 aliphatic carbocycles. The highest BCUT2D eigenvalue weighted by molar-refractivity contribution is 6.30. The summed E-state index contributed by atoms with van der Waals surface area (Å²) in [6.07, 6.45) is 0. The highest BCUT2D eigenvalue weighted by atomic mass is 35.5. The summed E-state index contributed by atoms with van der Waals surface area (Å²) in [4.78, 5) is 11.0. The maximum atomic E-state index is 13.0. The van der Waals surface area contributed by atoms with Gasteiger partial charge in [-0.25, -0.2) is 9.18 Å². The quantitative estimate of drug-likeness (QED) is 0.895. The Morgan fingerprint density at radius 1 is 1.26 bits per heavy atom. The molecule has 0 aromatic heterocycles. The van der Waals surface area contributed by atoms with Gasteiger partial charge in [0.05, 0.1) is 10.6 Å². The van der Waals surface area contributed by atoms with Crippen molar-refractivity contribution in [1.29, 1.82) is 0 Å². The van der Waals surface area contributed by atoms with E-state index >= 15 is 0 Å². The predicted molar refractivity (Wildman–Crippen MR) is 72.1 cm³/mol. The zero-order valence-corrected chi connectivity index (χ0v) is 10.6. The van der Waals surface area contributed by atoms with E-state index < -0.39 is 11.8 Å². The van der Waals surface area contributed by atoms with Gasteiger partial charge in [0, 0.05) is 12.2 Å². The molecule has 2 aromatic rings. The van der Waals surface area contributed by atoms with Gasteiger partial charge in [-0.3, -0.25) is 0 Å². The summed E-state index contributed by atoms with van der Waals surface area (Å²) in [5.41, 5.74) is 1.47. The van der Waals surface area contributed by atoms with Gasteiger partial charge in [-0.1, -0.05) is 29.8 Å². The SMILES string of the molecule is O=C(O)c1ccccc1NCc1ccc(F)c(Cl)c1. The molecule has 2 aromatic carbocycles. The molecule has 0 fully saturated rings. The molecule has 98 valence electrons. The van der Waals surface area contributed by atoms with E-state index in [1.807, 2.05) is 0 Å². The number of hydrogen-bond acceptors (Lipinski definition) is 2. The standard InChI is InChI=1S/C14H11ClFNO2/c15-11-7-9(5-6-12(11)16)8-17-13-4-2-1-3-10(13)14(18)19/h1-7,17H,8H2,(H,18,19). The summed E-state index contributed by atoms with van der Waals surface area (Å²) in [6.45, 7) is 0.365. The smallest absolute Gasteiger partial charge is 0.337 e. The van der Waals surface area contributed by atoms with Crippen molar-refractivity contribution < 1.29 is 14.3 Å². The molecule has 19 heavy (non-hydrogen) atoms. The zero-order valence-electron chi connectivity index (χ0n) is 9.86. The van der Waals surface area contributed by atoms with Crippen molar-refractivity contribution in [3.05, 3.63) is 64.4 Å².